The number of hydrogen-bond acceptors (Lipinski definition) is 3. The third kappa shape index (κ3) is 5.71. The van der Waals surface area contributed by atoms with Gasteiger partial charge in [0.25, 0.3) is 0 Å². The summed E-state index contributed by atoms with van der Waals surface area (Å²) in [5.41, 5.74) is 16.5. The zero-order valence-electron chi connectivity index (χ0n) is 37.7. The SMILES string of the molecule is c1ccc(-c2nc(-c3ccc(-n4c5ccc(-n6c7ccccc7c7ccccc76)cc5c5ccc6c(c7ccccc7n6-c6ccccc6)c54)cc3-c3ccccc3)c3sc4ccccc4c3n2)cc1. The van der Waals surface area contributed by atoms with Crippen LogP contribution in [-0.4, -0.2) is 23.7 Å². The van der Waals surface area contributed by atoms with E-state index >= 15 is 0 Å². The van der Waals surface area contributed by atoms with Gasteiger partial charge in [-0.05, 0) is 83.9 Å². The van der Waals surface area contributed by atoms with Gasteiger partial charge in [0.05, 0.1) is 49.0 Å². The average Bonchev–Trinajstić information content (AvgIpc) is 4.17. The van der Waals surface area contributed by atoms with E-state index in [2.05, 4.69) is 244 Å². The van der Waals surface area contributed by atoms with Crippen LogP contribution < -0.4 is 0 Å². The molecule has 0 aliphatic heterocycles. The highest BCUT2D eigenvalue weighted by Crippen LogP contribution is 2.46. The normalized spacial score (nSPS) is 12.0. The molecule has 10 aromatic carbocycles. The molecular weight excluding hydrogens is 871 g/mol. The predicted octanol–water partition coefficient (Wildman–Crippen LogP) is 17.1. The summed E-state index contributed by atoms with van der Waals surface area (Å²) in [5.74, 6) is 0.716. The molecule has 326 valence electrons. The summed E-state index contributed by atoms with van der Waals surface area (Å²) in [6.45, 7) is 0. The van der Waals surface area contributed by atoms with E-state index in [0.29, 0.717) is 5.82 Å². The van der Waals surface area contributed by atoms with Crippen LogP contribution in [0, 0.1) is 0 Å². The number of hydrogen-bond donors (Lipinski definition) is 0. The van der Waals surface area contributed by atoms with Gasteiger partial charge >= 0.3 is 0 Å². The van der Waals surface area contributed by atoms with Gasteiger partial charge in [0, 0.05) is 70.6 Å². The summed E-state index contributed by atoms with van der Waals surface area (Å²) >= 11 is 1.77. The highest BCUT2D eigenvalue weighted by molar-refractivity contribution is 7.26. The molecule has 0 amide bonds. The van der Waals surface area contributed by atoms with Crippen molar-refractivity contribution in [1.82, 2.24) is 23.7 Å². The Balaban J connectivity index is 1.06. The number of thiophene rings is 1. The summed E-state index contributed by atoms with van der Waals surface area (Å²) in [6, 6.07) is 85.6. The fourth-order valence-corrected chi connectivity index (χ4v) is 12.4. The summed E-state index contributed by atoms with van der Waals surface area (Å²) in [6.07, 6.45) is 0. The van der Waals surface area contributed by atoms with E-state index in [1.165, 1.54) is 59.1 Å². The topological polar surface area (TPSA) is 40.6 Å². The van der Waals surface area contributed by atoms with Crippen LogP contribution in [0.4, 0.5) is 0 Å². The average molecular weight is 910 g/mol. The van der Waals surface area contributed by atoms with Crippen LogP contribution in [0.25, 0.3) is 137 Å². The highest BCUT2D eigenvalue weighted by Gasteiger charge is 2.25. The van der Waals surface area contributed by atoms with Gasteiger partial charge in [-0.15, -0.1) is 11.3 Å². The second kappa shape index (κ2) is 15.2. The first-order chi connectivity index (χ1) is 34.7. The van der Waals surface area contributed by atoms with Gasteiger partial charge in [0.2, 0.25) is 0 Å². The lowest BCUT2D eigenvalue weighted by Gasteiger charge is -2.16. The number of nitrogens with zero attached hydrogens (tertiary/aromatic N) is 5. The molecule has 0 radical (unpaired) electrons. The molecule has 5 aromatic heterocycles. The van der Waals surface area contributed by atoms with E-state index in [-0.39, 0.29) is 0 Å². The first-order valence-corrected chi connectivity index (χ1v) is 24.6. The number of aromatic nitrogens is 5. The first kappa shape index (κ1) is 38.9. The molecule has 0 bridgehead atoms. The van der Waals surface area contributed by atoms with Gasteiger partial charge in [0.1, 0.15) is 0 Å². The molecule has 6 heteroatoms. The lowest BCUT2D eigenvalue weighted by Crippen LogP contribution is -1.99. The summed E-state index contributed by atoms with van der Waals surface area (Å²) < 4.78 is 9.64. The molecule has 5 nitrogen and oxygen atoms in total. The minimum absolute atomic E-state index is 0.716. The zero-order chi connectivity index (χ0) is 45.9. The van der Waals surface area contributed by atoms with Gasteiger partial charge < -0.3 is 13.7 Å². The number of rotatable bonds is 6. The Morgan fingerprint density at radius 3 is 1.60 bits per heavy atom. The van der Waals surface area contributed by atoms with Gasteiger partial charge in [-0.3, -0.25) is 0 Å². The van der Waals surface area contributed by atoms with E-state index in [0.717, 1.165) is 71.6 Å². The highest BCUT2D eigenvalue weighted by atomic mass is 32.1. The lowest BCUT2D eigenvalue weighted by atomic mass is 9.96. The standard InChI is InChI=1S/C64H39N5S/c1-4-18-40(19-5-1)51-38-44(32-34-47(51)60-63-61(50-27-13-17-31-58(50)70-63)66-64(65-60)41-20-6-2-7-21-41)69-56-36-33-43(68-53-28-14-10-24-45(53)46-25-11-15-29-54(46)68)39-52(56)48-35-37-57-59(62(48)69)49-26-12-16-30-55(49)67(57)42-22-8-3-9-23-42/h1-39H. The second-order valence-electron chi connectivity index (χ2n) is 18.1. The van der Waals surface area contributed by atoms with Crippen LogP contribution in [0.2, 0.25) is 0 Å². The predicted molar refractivity (Wildman–Crippen MR) is 294 cm³/mol. The van der Waals surface area contributed by atoms with Crippen LogP contribution in [-0.2, 0) is 0 Å². The van der Waals surface area contributed by atoms with Crippen molar-refractivity contribution in [3.8, 4) is 50.8 Å². The summed E-state index contributed by atoms with van der Waals surface area (Å²) in [4.78, 5) is 10.8. The van der Waals surface area contributed by atoms with Crippen LogP contribution in [0.1, 0.15) is 0 Å². The molecule has 0 spiro atoms. The van der Waals surface area contributed by atoms with Crippen molar-refractivity contribution in [1.29, 1.82) is 0 Å². The van der Waals surface area contributed by atoms with Crippen molar-refractivity contribution in [2.24, 2.45) is 0 Å². The Labute approximate surface area is 406 Å². The molecule has 0 aliphatic rings. The Kier molecular flexibility index (Phi) is 8.46. The third-order valence-corrected chi connectivity index (χ3v) is 15.4. The lowest BCUT2D eigenvalue weighted by molar-refractivity contribution is 1.16. The molecule has 70 heavy (non-hydrogen) atoms. The van der Waals surface area contributed by atoms with Crippen molar-refractivity contribution in [2.75, 3.05) is 0 Å². The molecule has 0 unspecified atom stereocenters. The molecule has 0 atom stereocenters. The minimum atomic E-state index is 0.716. The van der Waals surface area contributed by atoms with E-state index in [9.17, 15) is 0 Å². The van der Waals surface area contributed by atoms with Crippen LogP contribution in [0.15, 0.2) is 237 Å². The molecule has 15 rings (SSSR count). The monoisotopic (exact) mass is 909 g/mol. The van der Waals surface area contributed by atoms with E-state index in [4.69, 9.17) is 9.97 Å². The first-order valence-electron chi connectivity index (χ1n) is 23.7. The molecule has 5 heterocycles. The van der Waals surface area contributed by atoms with Crippen LogP contribution in [0.3, 0.4) is 0 Å². The fourth-order valence-electron chi connectivity index (χ4n) is 11.2. The molecule has 15 aromatic rings. The van der Waals surface area contributed by atoms with Crippen molar-refractivity contribution < 1.29 is 0 Å². The third-order valence-electron chi connectivity index (χ3n) is 14.3. The van der Waals surface area contributed by atoms with Crippen LogP contribution in [0.5, 0.6) is 0 Å². The van der Waals surface area contributed by atoms with Crippen molar-refractivity contribution in [3.63, 3.8) is 0 Å². The van der Waals surface area contributed by atoms with E-state index in [1.807, 2.05) is 6.07 Å². The molecule has 0 aliphatic carbocycles. The molecule has 0 fully saturated rings. The molecule has 0 saturated heterocycles. The van der Waals surface area contributed by atoms with Crippen molar-refractivity contribution in [2.45, 2.75) is 0 Å². The van der Waals surface area contributed by atoms with Crippen molar-refractivity contribution in [3.05, 3.63) is 237 Å². The van der Waals surface area contributed by atoms with Crippen LogP contribution >= 0.6 is 11.3 Å². The van der Waals surface area contributed by atoms with Gasteiger partial charge in [0.15, 0.2) is 5.82 Å². The van der Waals surface area contributed by atoms with Gasteiger partial charge in [-0.2, -0.15) is 0 Å². The van der Waals surface area contributed by atoms with Crippen molar-refractivity contribution >= 4 is 97.1 Å². The molecule has 0 saturated carbocycles. The maximum atomic E-state index is 5.49. The smallest absolute Gasteiger partial charge is 0.160 e. The molecule has 0 N–H and O–H groups in total. The summed E-state index contributed by atoms with van der Waals surface area (Å²) in [5, 5.41) is 8.45. The number of para-hydroxylation sites is 4. The second-order valence-corrected chi connectivity index (χ2v) is 19.1. The Bertz CT molecular complexity index is 4530. The minimum Gasteiger partial charge on any atom is -0.309 e. The quantitative estimate of drug-likeness (QED) is 0.167. The largest absolute Gasteiger partial charge is 0.309 e. The Hall–Kier alpha value is -9.10. The number of benzene rings is 10. The maximum Gasteiger partial charge on any atom is 0.160 e. The summed E-state index contributed by atoms with van der Waals surface area (Å²) in [7, 11) is 0. The van der Waals surface area contributed by atoms with E-state index in [1.54, 1.807) is 11.3 Å². The maximum absolute atomic E-state index is 5.49. The Morgan fingerprint density at radius 2 is 0.871 bits per heavy atom. The Morgan fingerprint density at radius 1 is 0.329 bits per heavy atom. The fraction of sp³-hybridized carbons (Fsp3) is 0. The van der Waals surface area contributed by atoms with Gasteiger partial charge in [-0.25, -0.2) is 9.97 Å². The molecular formula is C64H39N5S. The number of fused-ring (bicyclic) bond motifs is 13. The van der Waals surface area contributed by atoms with E-state index < -0.39 is 0 Å². The zero-order valence-corrected chi connectivity index (χ0v) is 38.5. The van der Waals surface area contributed by atoms with Gasteiger partial charge in [-0.1, -0.05) is 164 Å².